The number of hydrogen-bond acceptors (Lipinski definition) is 5. The summed E-state index contributed by atoms with van der Waals surface area (Å²) in [7, 11) is 1.69. The van der Waals surface area contributed by atoms with Crippen molar-refractivity contribution in [2.45, 2.75) is 71.1 Å². The van der Waals surface area contributed by atoms with Gasteiger partial charge < -0.3 is 25.6 Å². The van der Waals surface area contributed by atoms with Crippen LogP contribution in [0.1, 0.15) is 68.3 Å². The van der Waals surface area contributed by atoms with Crippen molar-refractivity contribution in [3.05, 3.63) is 29.3 Å². The van der Waals surface area contributed by atoms with Crippen LogP contribution >= 0.6 is 0 Å². The molecule has 1 saturated carbocycles. The molecule has 2 heterocycles. The van der Waals surface area contributed by atoms with E-state index in [1.807, 2.05) is 6.92 Å². The van der Waals surface area contributed by atoms with Gasteiger partial charge in [0.1, 0.15) is 12.6 Å². The first-order valence-corrected chi connectivity index (χ1v) is 12.6. The predicted molar refractivity (Wildman–Crippen MR) is 131 cm³/mol. The first-order valence-electron chi connectivity index (χ1n) is 12.6. The first kappa shape index (κ1) is 25.2. The molecule has 3 aliphatic rings. The van der Waals surface area contributed by atoms with E-state index in [0.717, 1.165) is 31.2 Å². The van der Waals surface area contributed by atoms with Gasteiger partial charge in [0.15, 0.2) is 5.78 Å². The lowest BCUT2D eigenvalue weighted by molar-refractivity contribution is -0.124. The number of ketones is 1. The van der Waals surface area contributed by atoms with E-state index in [4.69, 9.17) is 4.74 Å². The Morgan fingerprint density at radius 3 is 2.71 bits per heavy atom. The van der Waals surface area contributed by atoms with Crippen molar-refractivity contribution in [2.75, 3.05) is 25.5 Å². The van der Waals surface area contributed by atoms with Gasteiger partial charge in [0, 0.05) is 31.4 Å². The zero-order chi connectivity index (χ0) is 25.2. The third kappa shape index (κ3) is 5.66. The number of rotatable bonds is 8. The Morgan fingerprint density at radius 1 is 1.26 bits per heavy atom. The molecule has 9 heteroatoms. The predicted octanol–water partition coefficient (Wildman–Crippen LogP) is 2.84. The van der Waals surface area contributed by atoms with Crippen LogP contribution in [0.15, 0.2) is 18.2 Å². The van der Waals surface area contributed by atoms with Crippen LogP contribution in [0.25, 0.3) is 0 Å². The molecule has 2 fully saturated rings. The first-order chi connectivity index (χ1) is 16.7. The van der Waals surface area contributed by atoms with Crippen LogP contribution in [0.2, 0.25) is 0 Å². The van der Waals surface area contributed by atoms with Crippen molar-refractivity contribution in [1.29, 1.82) is 0 Å². The van der Waals surface area contributed by atoms with E-state index in [1.54, 1.807) is 30.1 Å². The number of amides is 4. The van der Waals surface area contributed by atoms with Gasteiger partial charge >= 0.3 is 6.03 Å². The molecule has 3 atom stereocenters. The summed E-state index contributed by atoms with van der Waals surface area (Å²) in [6.45, 7) is 4.84. The van der Waals surface area contributed by atoms with Crippen LogP contribution in [0.3, 0.4) is 0 Å². The van der Waals surface area contributed by atoms with Gasteiger partial charge in [-0.15, -0.1) is 0 Å². The maximum atomic E-state index is 13.3. The largest absolute Gasteiger partial charge is 0.370 e. The van der Waals surface area contributed by atoms with Gasteiger partial charge in [0.25, 0.3) is 5.91 Å². The number of Topliss-reactive ketones (excluding diaryl/α,β-unsaturated/α-hetero) is 1. The molecule has 0 radical (unpaired) electrons. The minimum absolute atomic E-state index is 0.00612. The van der Waals surface area contributed by atoms with E-state index in [9.17, 15) is 19.2 Å². The van der Waals surface area contributed by atoms with Gasteiger partial charge in [0.2, 0.25) is 5.91 Å². The molecule has 3 N–H and O–H groups in total. The number of hydrogen-bond donors (Lipinski definition) is 3. The van der Waals surface area contributed by atoms with Gasteiger partial charge in [-0.05, 0) is 54.9 Å². The van der Waals surface area contributed by atoms with Gasteiger partial charge in [-0.3, -0.25) is 14.4 Å². The fraction of sp³-hybridized carbons (Fsp3) is 0.615. The molecule has 0 bridgehead atoms. The zero-order valence-corrected chi connectivity index (χ0v) is 20.8. The Morgan fingerprint density at radius 2 is 2.00 bits per heavy atom. The van der Waals surface area contributed by atoms with Crippen LogP contribution in [-0.4, -0.2) is 60.9 Å². The van der Waals surface area contributed by atoms with E-state index in [1.165, 1.54) is 0 Å². The van der Waals surface area contributed by atoms with Crippen LogP contribution in [0, 0.1) is 11.3 Å². The lowest BCUT2D eigenvalue weighted by Gasteiger charge is -2.30. The normalized spacial score (nSPS) is 24.0. The lowest BCUT2D eigenvalue weighted by Crippen LogP contribution is -2.50. The Hall–Kier alpha value is -2.94. The highest BCUT2D eigenvalue weighted by Gasteiger charge is 2.38. The number of urea groups is 1. The van der Waals surface area contributed by atoms with Crippen LogP contribution in [-0.2, 0) is 20.9 Å². The third-order valence-electron chi connectivity index (χ3n) is 7.69. The fourth-order valence-electron chi connectivity index (χ4n) is 5.50. The second-order valence-electron chi connectivity index (χ2n) is 10.5. The van der Waals surface area contributed by atoms with Gasteiger partial charge in [0.05, 0.1) is 12.0 Å². The SMILES string of the molecule is CC[C@@H]1OCC(=O)C1CNC(=O)[C@H](CC1(C)CCCC1)NC(=O)c1ccc2c(c1)CN(C)C(=O)N2. The van der Waals surface area contributed by atoms with Crippen molar-refractivity contribution in [1.82, 2.24) is 15.5 Å². The number of nitrogens with one attached hydrogen (secondary N) is 3. The third-order valence-corrected chi connectivity index (χ3v) is 7.69. The van der Waals surface area contributed by atoms with Crippen molar-refractivity contribution >= 4 is 29.3 Å². The second-order valence-corrected chi connectivity index (χ2v) is 10.5. The molecule has 4 rings (SSSR count). The molecule has 35 heavy (non-hydrogen) atoms. The van der Waals surface area contributed by atoms with E-state index in [2.05, 4.69) is 22.9 Å². The molecular formula is C26H36N4O5. The summed E-state index contributed by atoms with van der Waals surface area (Å²) in [5.41, 5.74) is 1.95. The summed E-state index contributed by atoms with van der Waals surface area (Å²) in [5, 5.41) is 8.67. The highest BCUT2D eigenvalue weighted by Crippen LogP contribution is 2.41. The van der Waals surface area contributed by atoms with Crippen molar-refractivity contribution in [3.63, 3.8) is 0 Å². The van der Waals surface area contributed by atoms with Crippen molar-refractivity contribution < 1.29 is 23.9 Å². The number of nitrogens with zero attached hydrogens (tertiary/aromatic N) is 1. The molecule has 1 saturated heterocycles. The number of ether oxygens (including phenoxy) is 1. The lowest BCUT2D eigenvalue weighted by atomic mass is 9.81. The summed E-state index contributed by atoms with van der Waals surface area (Å²) < 4.78 is 5.53. The maximum Gasteiger partial charge on any atom is 0.321 e. The number of carbonyl (C=O) groups excluding carboxylic acids is 4. The topological polar surface area (TPSA) is 117 Å². The van der Waals surface area contributed by atoms with Crippen LogP contribution in [0.5, 0.6) is 0 Å². The van der Waals surface area contributed by atoms with E-state index in [-0.39, 0.29) is 54.2 Å². The number of anilines is 1. The van der Waals surface area contributed by atoms with E-state index >= 15 is 0 Å². The summed E-state index contributed by atoms with van der Waals surface area (Å²) in [6.07, 6.45) is 5.34. The Kier molecular flexibility index (Phi) is 7.44. The highest BCUT2D eigenvalue weighted by molar-refractivity contribution is 5.99. The van der Waals surface area contributed by atoms with Crippen LogP contribution in [0.4, 0.5) is 10.5 Å². The van der Waals surface area contributed by atoms with Gasteiger partial charge in [-0.2, -0.15) is 0 Å². The molecule has 0 aromatic heterocycles. The number of benzene rings is 1. The van der Waals surface area contributed by atoms with Crippen molar-refractivity contribution in [2.24, 2.45) is 11.3 Å². The minimum atomic E-state index is -0.707. The maximum absolute atomic E-state index is 13.3. The molecule has 1 aromatic carbocycles. The monoisotopic (exact) mass is 484 g/mol. The minimum Gasteiger partial charge on any atom is -0.370 e. The summed E-state index contributed by atoms with van der Waals surface area (Å²) in [5.74, 6) is -0.950. The average Bonchev–Trinajstić information content (AvgIpc) is 3.42. The van der Waals surface area contributed by atoms with Crippen molar-refractivity contribution in [3.8, 4) is 0 Å². The molecule has 0 spiro atoms. The van der Waals surface area contributed by atoms with Gasteiger partial charge in [-0.25, -0.2) is 4.79 Å². The second kappa shape index (κ2) is 10.4. The molecule has 9 nitrogen and oxygen atoms in total. The number of fused-ring (bicyclic) bond motifs is 1. The molecule has 1 aromatic rings. The average molecular weight is 485 g/mol. The summed E-state index contributed by atoms with van der Waals surface area (Å²) in [4.78, 5) is 52.1. The standard InChI is InChI=1S/C26H36N4O5/c1-4-22-18(21(31)15-35-22)13-27-24(33)20(12-26(2)9-5-6-10-26)28-23(32)16-7-8-19-17(11-16)14-30(3)25(34)29-19/h7-8,11,18,20,22H,4-6,9-10,12-15H2,1-3H3,(H,27,33)(H,28,32)(H,29,34)/t18?,20-,22-/m0/s1. The van der Waals surface area contributed by atoms with Gasteiger partial charge in [-0.1, -0.05) is 26.7 Å². The Balaban J connectivity index is 1.47. The Bertz CT molecular complexity index is 1000. The highest BCUT2D eigenvalue weighted by atomic mass is 16.5. The Labute approximate surface area is 206 Å². The number of carbonyl (C=O) groups is 4. The quantitative estimate of drug-likeness (QED) is 0.525. The summed E-state index contributed by atoms with van der Waals surface area (Å²) in [6, 6.07) is 4.24. The van der Waals surface area contributed by atoms with E-state index < -0.39 is 6.04 Å². The summed E-state index contributed by atoms with van der Waals surface area (Å²) >= 11 is 0. The molecule has 1 aliphatic carbocycles. The van der Waals surface area contributed by atoms with E-state index in [0.29, 0.717) is 30.6 Å². The fourth-order valence-corrected chi connectivity index (χ4v) is 5.50. The van der Waals surface area contributed by atoms with Crippen LogP contribution < -0.4 is 16.0 Å². The smallest absolute Gasteiger partial charge is 0.321 e. The molecule has 4 amide bonds. The molecule has 1 unspecified atom stereocenters. The zero-order valence-electron chi connectivity index (χ0n) is 20.8. The molecule has 190 valence electrons. The molecule has 2 aliphatic heterocycles. The molecular weight excluding hydrogens is 448 g/mol.